The standard InChI is InChI=1S/C25H35N3O4/c1-5-31-23-21(12-26-24(27-23)32-6-2)25(30)19-8-7-9-20(25)15-28(14-19)13-18-10-16(3)22(29)17(4)11-18/h10-12,19-20,29-30H,5-9,13-15H2,1-4H3/t19-,20-/m1/s1. The number of likely N-dealkylation sites (tertiary alicyclic amines) is 1. The van der Waals surface area contributed by atoms with Crippen molar-refractivity contribution in [1.29, 1.82) is 0 Å². The Morgan fingerprint density at radius 2 is 1.69 bits per heavy atom. The molecule has 1 aromatic carbocycles. The van der Waals surface area contributed by atoms with Gasteiger partial charge in [0.2, 0.25) is 5.88 Å². The van der Waals surface area contributed by atoms with E-state index in [4.69, 9.17) is 9.47 Å². The maximum atomic E-state index is 12.1. The molecule has 1 aromatic heterocycles. The molecule has 1 aliphatic heterocycles. The van der Waals surface area contributed by atoms with E-state index in [1.54, 1.807) is 6.20 Å². The molecule has 174 valence electrons. The van der Waals surface area contributed by atoms with Crippen LogP contribution in [0.5, 0.6) is 17.6 Å². The predicted octanol–water partition coefficient (Wildman–Crippen LogP) is 3.72. The van der Waals surface area contributed by atoms with Gasteiger partial charge in [0.25, 0.3) is 0 Å². The summed E-state index contributed by atoms with van der Waals surface area (Å²) < 4.78 is 11.3. The average molecular weight is 442 g/mol. The number of fused-ring (bicyclic) bond motifs is 2. The molecule has 1 saturated heterocycles. The number of aromatic nitrogens is 2. The lowest BCUT2D eigenvalue weighted by Crippen LogP contribution is -2.58. The molecule has 7 nitrogen and oxygen atoms in total. The first-order valence-corrected chi connectivity index (χ1v) is 11.7. The van der Waals surface area contributed by atoms with Crippen molar-refractivity contribution in [2.75, 3.05) is 26.3 Å². The van der Waals surface area contributed by atoms with Crippen LogP contribution in [0.15, 0.2) is 18.3 Å². The summed E-state index contributed by atoms with van der Waals surface area (Å²) in [6.45, 7) is 11.0. The van der Waals surface area contributed by atoms with Gasteiger partial charge in [0.05, 0.1) is 18.8 Å². The first kappa shape index (κ1) is 22.8. The third-order valence-corrected chi connectivity index (χ3v) is 6.98. The number of phenols is 1. The lowest BCUT2D eigenvalue weighted by molar-refractivity contribution is -0.150. The van der Waals surface area contributed by atoms with Crippen molar-refractivity contribution in [3.8, 4) is 17.6 Å². The minimum absolute atomic E-state index is 0.0788. The zero-order chi connectivity index (χ0) is 22.9. The Morgan fingerprint density at radius 3 is 2.28 bits per heavy atom. The molecule has 32 heavy (non-hydrogen) atoms. The highest BCUT2D eigenvalue weighted by atomic mass is 16.5. The highest BCUT2D eigenvalue weighted by Crippen LogP contribution is 2.51. The van der Waals surface area contributed by atoms with Crippen molar-refractivity contribution in [3.05, 3.63) is 40.6 Å². The maximum absolute atomic E-state index is 12.1. The van der Waals surface area contributed by atoms with Gasteiger partial charge in [0.15, 0.2) is 0 Å². The Hall–Kier alpha value is -2.38. The second-order valence-corrected chi connectivity index (χ2v) is 9.16. The van der Waals surface area contributed by atoms with E-state index in [9.17, 15) is 10.2 Å². The summed E-state index contributed by atoms with van der Waals surface area (Å²) in [5.41, 5.74) is 2.68. The molecule has 2 bridgehead atoms. The van der Waals surface area contributed by atoms with Gasteiger partial charge in [0, 0.05) is 37.7 Å². The monoisotopic (exact) mass is 441 g/mol. The summed E-state index contributed by atoms with van der Waals surface area (Å²) >= 11 is 0. The number of hydrogen-bond donors (Lipinski definition) is 2. The van der Waals surface area contributed by atoms with Gasteiger partial charge in [-0.05, 0) is 57.2 Å². The molecule has 0 amide bonds. The van der Waals surface area contributed by atoms with E-state index < -0.39 is 5.60 Å². The van der Waals surface area contributed by atoms with Crippen molar-refractivity contribution >= 4 is 0 Å². The number of aromatic hydroxyl groups is 1. The minimum Gasteiger partial charge on any atom is -0.507 e. The van der Waals surface area contributed by atoms with Gasteiger partial charge < -0.3 is 19.7 Å². The van der Waals surface area contributed by atoms with E-state index in [0.717, 1.165) is 50.0 Å². The third kappa shape index (κ3) is 4.16. The van der Waals surface area contributed by atoms with Crippen LogP contribution in [0.1, 0.15) is 55.4 Å². The fraction of sp³-hybridized carbons (Fsp3) is 0.600. The van der Waals surface area contributed by atoms with Crippen LogP contribution >= 0.6 is 0 Å². The Kier molecular flexibility index (Phi) is 6.58. The van der Waals surface area contributed by atoms with Gasteiger partial charge in [0.1, 0.15) is 11.4 Å². The first-order valence-electron chi connectivity index (χ1n) is 11.7. The summed E-state index contributed by atoms with van der Waals surface area (Å²) in [5, 5.41) is 22.2. The molecule has 2 aromatic rings. The van der Waals surface area contributed by atoms with Crippen molar-refractivity contribution < 1.29 is 19.7 Å². The predicted molar refractivity (Wildman–Crippen MR) is 122 cm³/mol. The molecule has 2 fully saturated rings. The van der Waals surface area contributed by atoms with Crippen LogP contribution in [0.25, 0.3) is 0 Å². The van der Waals surface area contributed by atoms with E-state index >= 15 is 0 Å². The molecule has 7 heteroatoms. The number of aliphatic hydroxyl groups is 1. The molecule has 2 atom stereocenters. The molecular formula is C25H35N3O4. The molecule has 0 spiro atoms. The van der Waals surface area contributed by atoms with Gasteiger partial charge in [-0.25, -0.2) is 4.98 Å². The van der Waals surface area contributed by atoms with Gasteiger partial charge in [-0.2, -0.15) is 4.98 Å². The molecule has 2 N–H and O–H groups in total. The van der Waals surface area contributed by atoms with E-state index in [2.05, 4.69) is 27.0 Å². The number of rotatable bonds is 7. The Balaban J connectivity index is 1.61. The Morgan fingerprint density at radius 1 is 1.06 bits per heavy atom. The smallest absolute Gasteiger partial charge is 0.319 e. The van der Waals surface area contributed by atoms with E-state index in [0.29, 0.717) is 30.4 Å². The molecule has 4 rings (SSSR count). The number of piperidine rings is 1. The largest absolute Gasteiger partial charge is 0.507 e. The highest BCUT2D eigenvalue weighted by molar-refractivity contribution is 5.42. The topological polar surface area (TPSA) is 87.9 Å². The van der Waals surface area contributed by atoms with Crippen LogP contribution in [-0.2, 0) is 12.1 Å². The third-order valence-electron chi connectivity index (χ3n) is 6.98. The molecule has 2 heterocycles. The maximum Gasteiger partial charge on any atom is 0.319 e. The molecule has 2 aliphatic rings. The fourth-order valence-electron chi connectivity index (χ4n) is 5.58. The second kappa shape index (κ2) is 9.24. The summed E-state index contributed by atoms with van der Waals surface area (Å²) in [4.78, 5) is 11.3. The second-order valence-electron chi connectivity index (χ2n) is 9.16. The van der Waals surface area contributed by atoms with E-state index in [1.807, 2.05) is 27.7 Å². The van der Waals surface area contributed by atoms with Gasteiger partial charge in [-0.15, -0.1) is 0 Å². The molecule has 1 aliphatic carbocycles. The van der Waals surface area contributed by atoms with Gasteiger partial charge >= 0.3 is 6.01 Å². The lowest BCUT2D eigenvalue weighted by atomic mass is 9.63. The number of nitrogens with zero attached hydrogens (tertiary/aromatic N) is 3. The zero-order valence-electron chi connectivity index (χ0n) is 19.6. The van der Waals surface area contributed by atoms with E-state index in [1.165, 1.54) is 5.56 Å². The van der Waals surface area contributed by atoms with Crippen molar-refractivity contribution in [2.45, 2.75) is 59.1 Å². The van der Waals surface area contributed by atoms with Crippen molar-refractivity contribution in [2.24, 2.45) is 11.8 Å². The molecule has 0 unspecified atom stereocenters. The number of hydrogen-bond acceptors (Lipinski definition) is 7. The van der Waals surface area contributed by atoms with Crippen LogP contribution in [-0.4, -0.2) is 51.4 Å². The number of benzene rings is 1. The van der Waals surface area contributed by atoms with E-state index in [-0.39, 0.29) is 17.8 Å². The van der Waals surface area contributed by atoms with Crippen LogP contribution < -0.4 is 9.47 Å². The van der Waals surface area contributed by atoms with Gasteiger partial charge in [-0.3, -0.25) is 4.90 Å². The average Bonchev–Trinajstić information content (AvgIpc) is 2.73. The zero-order valence-corrected chi connectivity index (χ0v) is 19.6. The number of ether oxygens (including phenoxy) is 2. The quantitative estimate of drug-likeness (QED) is 0.677. The molecular weight excluding hydrogens is 406 g/mol. The SMILES string of the molecule is CCOc1ncc(C2(O)[C@@H]3CCC[C@@H]2CN(Cc2cc(C)c(O)c(C)c2)C3)c(OCC)n1. The summed E-state index contributed by atoms with van der Waals surface area (Å²) in [5.74, 6) is 0.964. The van der Waals surface area contributed by atoms with Crippen LogP contribution in [0, 0.1) is 25.7 Å². The van der Waals surface area contributed by atoms with Crippen LogP contribution in [0.4, 0.5) is 0 Å². The number of phenolic OH excluding ortho intramolecular Hbond substituents is 1. The minimum atomic E-state index is -1.01. The fourth-order valence-corrected chi connectivity index (χ4v) is 5.58. The van der Waals surface area contributed by atoms with Crippen molar-refractivity contribution in [3.63, 3.8) is 0 Å². The summed E-state index contributed by atoms with van der Waals surface area (Å²) in [6.07, 6.45) is 4.73. The van der Waals surface area contributed by atoms with Gasteiger partial charge in [-0.1, -0.05) is 18.6 Å². The summed E-state index contributed by atoms with van der Waals surface area (Å²) in [6, 6.07) is 4.41. The lowest BCUT2D eigenvalue weighted by Gasteiger charge is -2.53. The molecule has 1 saturated carbocycles. The Labute approximate surface area is 190 Å². The number of aryl methyl sites for hydroxylation is 2. The molecule has 0 radical (unpaired) electrons. The summed E-state index contributed by atoms with van der Waals surface area (Å²) in [7, 11) is 0. The highest BCUT2D eigenvalue weighted by Gasteiger charge is 2.53. The van der Waals surface area contributed by atoms with Crippen molar-refractivity contribution in [1.82, 2.24) is 14.9 Å². The Bertz CT molecular complexity index is 927. The van der Waals surface area contributed by atoms with Crippen LogP contribution in [0.3, 0.4) is 0 Å². The normalized spacial score (nSPS) is 25.5. The van der Waals surface area contributed by atoms with Crippen LogP contribution in [0.2, 0.25) is 0 Å². The first-order chi connectivity index (χ1) is 15.4.